The number of nitrogens with zero attached hydrogens (tertiary/aromatic N) is 2. The monoisotopic (exact) mass is 356 g/mol. The van der Waals surface area contributed by atoms with Crippen LogP contribution in [0, 0.1) is 0 Å². The van der Waals surface area contributed by atoms with Crippen LogP contribution < -0.4 is 0 Å². The first-order chi connectivity index (χ1) is 12.8. The smallest absolute Gasteiger partial charge is 0.342 e. The molecule has 0 N–H and O–H groups in total. The Hall–Kier alpha value is -1.85. The molecule has 5 heteroatoms. The van der Waals surface area contributed by atoms with E-state index in [1.54, 1.807) is 0 Å². The molecule has 1 saturated heterocycles. The van der Waals surface area contributed by atoms with Crippen molar-refractivity contribution in [1.29, 1.82) is 0 Å². The molecule has 1 aliphatic heterocycles. The Labute approximate surface area is 154 Å². The molecule has 4 rings (SSSR count). The van der Waals surface area contributed by atoms with Crippen molar-refractivity contribution in [3.8, 4) is 0 Å². The number of carbonyl (C=O) groups excluding carboxylic acids is 1. The summed E-state index contributed by atoms with van der Waals surface area (Å²) in [5.41, 5.74) is 1.36. The Kier molecular flexibility index (Phi) is 5.27. The standard InChI is InChI=1S/C21H28N2O3/c1-2-25-21(24)20-17-9-5-6-10-18(17)26-19(20)15-22-11-13-23(14-12-22)16-7-3-4-8-16/h5-6,9-10,16H,2-4,7-8,11-15H2,1H3. The molecule has 2 aromatic rings. The van der Waals surface area contributed by atoms with Gasteiger partial charge in [0, 0.05) is 37.6 Å². The highest BCUT2D eigenvalue weighted by molar-refractivity contribution is 6.04. The van der Waals surface area contributed by atoms with E-state index < -0.39 is 0 Å². The van der Waals surface area contributed by atoms with E-state index in [1.807, 2.05) is 31.2 Å². The number of esters is 1. The van der Waals surface area contributed by atoms with Crippen LogP contribution >= 0.6 is 0 Å². The molecule has 0 amide bonds. The van der Waals surface area contributed by atoms with Crippen molar-refractivity contribution in [3.63, 3.8) is 0 Å². The minimum absolute atomic E-state index is 0.281. The van der Waals surface area contributed by atoms with Gasteiger partial charge >= 0.3 is 5.97 Å². The molecule has 0 spiro atoms. The molecule has 140 valence electrons. The number of rotatable bonds is 5. The van der Waals surface area contributed by atoms with E-state index in [4.69, 9.17) is 9.15 Å². The van der Waals surface area contributed by atoms with Gasteiger partial charge in [0.15, 0.2) is 0 Å². The lowest BCUT2D eigenvalue weighted by molar-refractivity contribution is 0.0520. The van der Waals surface area contributed by atoms with Gasteiger partial charge in [-0.25, -0.2) is 4.79 Å². The fourth-order valence-electron chi connectivity index (χ4n) is 4.39. The van der Waals surface area contributed by atoms with Crippen LogP contribution in [0.3, 0.4) is 0 Å². The number of piperazine rings is 1. The van der Waals surface area contributed by atoms with Crippen molar-refractivity contribution < 1.29 is 13.9 Å². The van der Waals surface area contributed by atoms with Crippen molar-refractivity contribution in [2.45, 2.75) is 45.2 Å². The summed E-state index contributed by atoms with van der Waals surface area (Å²) in [4.78, 5) is 17.5. The number of para-hydroxylation sites is 1. The van der Waals surface area contributed by atoms with Crippen molar-refractivity contribution in [1.82, 2.24) is 9.80 Å². The van der Waals surface area contributed by atoms with E-state index in [1.165, 1.54) is 25.7 Å². The highest BCUT2D eigenvalue weighted by Gasteiger charge is 2.28. The molecule has 0 radical (unpaired) electrons. The molecular formula is C21H28N2O3. The summed E-state index contributed by atoms with van der Waals surface area (Å²) in [5, 5.41) is 0.852. The lowest BCUT2D eigenvalue weighted by Gasteiger charge is -2.37. The predicted molar refractivity (Wildman–Crippen MR) is 101 cm³/mol. The van der Waals surface area contributed by atoms with E-state index in [0.29, 0.717) is 18.7 Å². The van der Waals surface area contributed by atoms with Gasteiger partial charge in [-0.15, -0.1) is 0 Å². The van der Waals surface area contributed by atoms with E-state index in [9.17, 15) is 4.79 Å². The van der Waals surface area contributed by atoms with Crippen LogP contribution in [0.2, 0.25) is 0 Å². The molecule has 2 heterocycles. The fourth-order valence-corrected chi connectivity index (χ4v) is 4.39. The van der Waals surface area contributed by atoms with Gasteiger partial charge in [0.05, 0.1) is 13.2 Å². The van der Waals surface area contributed by atoms with Crippen LogP contribution in [-0.4, -0.2) is 54.6 Å². The van der Waals surface area contributed by atoms with E-state index in [-0.39, 0.29) is 5.97 Å². The Morgan fingerprint density at radius 2 is 1.88 bits per heavy atom. The highest BCUT2D eigenvalue weighted by Crippen LogP contribution is 2.29. The molecule has 0 unspecified atom stereocenters. The largest absolute Gasteiger partial charge is 0.462 e. The van der Waals surface area contributed by atoms with Gasteiger partial charge in [-0.3, -0.25) is 9.80 Å². The third-order valence-electron chi connectivity index (χ3n) is 5.76. The van der Waals surface area contributed by atoms with Crippen LogP contribution in [-0.2, 0) is 11.3 Å². The van der Waals surface area contributed by atoms with Crippen molar-refractivity contribution in [3.05, 3.63) is 35.6 Å². The van der Waals surface area contributed by atoms with Gasteiger partial charge in [-0.05, 0) is 25.8 Å². The summed E-state index contributed by atoms with van der Waals surface area (Å²) in [6.45, 7) is 7.14. The normalized spacial score (nSPS) is 20.0. The number of furan rings is 1. The summed E-state index contributed by atoms with van der Waals surface area (Å²) in [5.74, 6) is 0.455. The second-order valence-electron chi connectivity index (χ2n) is 7.37. The molecule has 5 nitrogen and oxygen atoms in total. The van der Waals surface area contributed by atoms with Crippen molar-refractivity contribution >= 4 is 16.9 Å². The van der Waals surface area contributed by atoms with Gasteiger partial charge in [0.25, 0.3) is 0 Å². The predicted octanol–water partition coefficient (Wildman–Crippen LogP) is 3.67. The Morgan fingerprint density at radius 1 is 1.15 bits per heavy atom. The first-order valence-corrected chi connectivity index (χ1v) is 9.90. The zero-order chi connectivity index (χ0) is 17.9. The topological polar surface area (TPSA) is 45.9 Å². The van der Waals surface area contributed by atoms with E-state index in [2.05, 4.69) is 9.80 Å². The van der Waals surface area contributed by atoms with Crippen LogP contribution in [0.4, 0.5) is 0 Å². The highest BCUT2D eigenvalue weighted by atomic mass is 16.5. The maximum atomic E-state index is 12.5. The quantitative estimate of drug-likeness (QED) is 0.765. The summed E-state index contributed by atoms with van der Waals surface area (Å²) in [6.07, 6.45) is 5.48. The number of carbonyl (C=O) groups is 1. The molecule has 1 aliphatic carbocycles. The van der Waals surface area contributed by atoms with Gasteiger partial charge < -0.3 is 9.15 Å². The van der Waals surface area contributed by atoms with Crippen LogP contribution in [0.5, 0.6) is 0 Å². The molecular weight excluding hydrogens is 328 g/mol. The van der Waals surface area contributed by atoms with Gasteiger partial charge in [0.1, 0.15) is 16.9 Å². The van der Waals surface area contributed by atoms with Crippen molar-refractivity contribution in [2.24, 2.45) is 0 Å². The maximum absolute atomic E-state index is 12.5. The lowest BCUT2D eigenvalue weighted by atomic mass is 10.1. The summed E-state index contributed by atoms with van der Waals surface area (Å²) in [6, 6.07) is 8.51. The lowest BCUT2D eigenvalue weighted by Crippen LogP contribution is -2.49. The third kappa shape index (κ3) is 3.51. The van der Waals surface area contributed by atoms with Crippen LogP contribution in [0.15, 0.2) is 28.7 Å². The molecule has 2 fully saturated rings. The zero-order valence-corrected chi connectivity index (χ0v) is 15.6. The summed E-state index contributed by atoms with van der Waals surface area (Å²) in [7, 11) is 0. The average Bonchev–Trinajstić information content (AvgIpc) is 3.30. The Morgan fingerprint density at radius 3 is 2.62 bits per heavy atom. The van der Waals surface area contributed by atoms with Gasteiger partial charge in [-0.1, -0.05) is 31.0 Å². The van der Waals surface area contributed by atoms with Crippen LogP contribution in [0.1, 0.15) is 48.7 Å². The zero-order valence-electron chi connectivity index (χ0n) is 15.6. The number of hydrogen-bond donors (Lipinski definition) is 0. The second kappa shape index (κ2) is 7.80. The number of hydrogen-bond acceptors (Lipinski definition) is 5. The first-order valence-electron chi connectivity index (χ1n) is 9.90. The third-order valence-corrected chi connectivity index (χ3v) is 5.76. The average molecular weight is 356 g/mol. The van der Waals surface area contributed by atoms with Crippen molar-refractivity contribution in [2.75, 3.05) is 32.8 Å². The summed E-state index contributed by atoms with van der Waals surface area (Å²) >= 11 is 0. The van der Waals surface area contributed by atoms with Crippen LogP contribution in [0.25, 0.3) is 11.0 Å². The van der Waals surface area contributed by atoms with E-state index in [0.717, 1.165) is 49.0 Å². The molecule has 26 heavy (non-hydrogen) atoms. The first kappa shape index (κ1) is 17.6. The minimum Gasteiger partial charge on any atom is -0.462 e. The molecule has 0 atom stereocenters. The SMILES string of the molecule is CCOC(=O)c1c(CN2CCN(C3CCCC3)CC2)oc2ccccc12. The Balaban J connectivity index is 1.48. The van der Waals surface area contributed by atoms with E-state index >= 15 is 0 Å². The molecule has 1 aromatic carbocycles. The number of benzene rings is 1. The second-order valence-corrected chi connectivity index (χ2v) is 7.37. The summed E-state index contributed by atoms with van der Waals surface area (Å²) < 4.78 is 11.3. The minimum atomic E-state index is -0.281. The molecule has 0 bridgehead atoms. The molecule has 2 aliphatic rings. The number of fused-ring (bicyclic) bond motifs is 1. The maximum Gasteiger partial charge on any atom is 0.342 e. The van der Waals surface area contributed by atoms with Gasteiger partial charge in [0.2, 0.25) is 0 Å². The fraction of sp³-hybridized carbons (Fsp3) is 0.571. The molecule has 1 saturated carbocycles. The number of ether oxygens (including phenoxy) is 1. The molecule has 1 aromatic heterocycles. The van der Waals surface area contributed by atoms with Gasteiger partial charge in [-0.2, -0.15) is 0 Å². The Bertz CT molecular complexity index is 756.